The van der Waals surface area contributed by atoms with E-state index < -0.39 is 46.5 Å². The Balaban J connectivity index is 1.72. The number of carboxylic acid groups (broad SMARTS) is 1. The number of carbonyl (C=O) groups is 3. The van der Waals surface area contributed by atoms with Gasteiger partial charge >= 0.3 is 12.9 Å². The number of hydrogen-bond acceptors (Lipinski definition) is 6. The maximum Gasteiger partial charge on any atom is 0.737 e. The molecule has 3 rings (SSSR count). The van der Waals surface area contributed by atoms with Gasteiger partial charge < -0.3 is 37.4 Å². The Kier molecular flexibility index (Phi) is 15.5. The molecule has 0 spiro atoms. The van der Waals surface area contributed by atoms with E-state index in [-0.39, 0.29) is 31.4 Å². The molecule has 2 aliphatic heterocycles. The van der Waals surface area contributed by atoms with Crippen LogP contribution in [0.25, 0.3) is 6.08 Å². The smallest absolute Gasteiger partial charge is 0.481 e. The Hall–Kier alpha value is -3.21. The summed E-state index contributed by atoms with van der Waals surface area (Å²) in [6, 6.07) is 0.363. The van der Waals surface area contributed by atoms with Crippen molar-refractivity contribution in [3.63, 3.8) is 0 Å². The normalized spacial score (nSPS) is 16.0. The second-order valence-electron chi connectivity index (χ2n) is 15.4. The van der Waals surface area contributed by atoms with Gasteiger partial charge in [-0.25, -0.2) is 0 Å². The largest absolute Gasteiger partial charge is 0.737 e. The summed E-state index contributed by atoms with van der Waals surface area (Å²) in [6.45, 7) is 1.56. The van der Waals surface area contributed by atoms with Crippen LogP contribution in [0.1, 0.15) is 101 Å². The Morgan fingerprint density at radius 3 is 2.31 bits per heavy atom. The molecular formula is C36H59BF2N5O7S+. The fourth-order valence-electron chi connectivity index (χ4n) is 7.02. The standard InChI is InChI=1S/C36H58BF2N5O7S/c1-7-8-14-29-24-30(43-33(29)25-32-28(15-13-22-44(4,5)6)23-27(2)42(32)37(43,38)39)18-19-35(46)40-31(26-52(49,50)51)34(45)16-12-21-41(3)20-11-9-10-17-36(47)48/h23-25,31H,7-22,26H2,1-6H3,(H2-,40,46,47,48,49,50,51)/p+1. The van der Waals surface area contributed by atoms with E-state index in [1.807, 2.05) is 31.0 Å². The molecule has 0 fully saturated rings. The monoisotopic (exact) mass is 754 g/mol. The summed E-state index contributed by atoms with van der Waals surface area (Å²) < 4.78 is 69.3. The molecule has 0 saturated heterocycles. The number of allylic oxidation sites excluding steroid dienone is 2. The first-order chi connectivity index (χ1) is 24.2. The van der Waals surface area contributed by atoms with Gasteiger partial charge in [-0.15, -0.1) is 0 Å². The zero-order valence-corrected chi connectivity index (χ0v) is 32.6. The minimum Gasteiger partial charge on any atom is -0.481 e. The van der Waals surface area contributed by atoms with Gasteiger partial charge in [0.05, 0.1) is 27.7 Å². The van der Waals surface area contributed by atoms with Gasteiger partial charge in [0.2, 0.25) is 5.91 Å². The van der Waals surface area contributed by atoms with Crippen molar-refractivity contribution in [3.05, 3.63) is 40.4 Å². The zero-order valence-electron chi connectivity index (χ0n) is 31.8. The lowest BCUT2D eigenvalue weighted by atomic mass is 9.88. The number of aryl methyl sites for hydroxylation is 2. The van der Waals surface area contributed by atoms with Gasteiger partial charge in [-0.05, 0) is 82.9 Å². The maximum atomic E-state index is 16.6. The zero-order chi connectivity index (χ0) is 38.9. The first-order valence-corrected chi connectivity index (χ1v) is 20.1. The number of fused-ring (bicyclic) bond motifs is 2. The SMILES string of the molecule is CCCCC1=CC(CCC(=O)NC(CS(=O)(=O)O)C(=O)CCCN(C)CCCCCC(=O)O)=[N+]2C1=Cc1c(CCC[N+](C)(C)C)cc(C)n1[B-]2(F)F. The van der Waals surface area contributed by atoms with Crippen LogP contribution in [-0.2, 0) is 30.9 Å². The Labute approximate surface area is 308 Å². The van der Waals surface area contributed by atoms with E-state index in [0.29, 0.717) is 55.9 Å². The first-order valence-electron chi connectivity index (χ1n) is 18.5. The molecular weight excluding hydrogens is 695 g/mol. The van der Waals surface area contributed by atoms with Crippen molar-refractivity contribution in [1.82, 2.24) is 14.7 Å². The van der Waals surface area contributed by atoms with E-state index in [4.69, 9.17) is 5.11 Å². The first kappa shape index (κ1) is 43.2. The third-order valence-corrected chi connectivity index (χ3v) is 10.4. The number of aliphatic carboxylic acids is 1. The number of Topliss-reactive ketones (excluding diaryl/α,β-unsaturated/α-hetero) is 1. The molecule has 1 atom stereocenters. The molecule has 1 amide bonds. The van der Waals surface area contributed by atoms with Gasteiger partial charge in [0, 0.05) is 55.5 Å². The molecule has 1 aromatic heterocycles. The Morgan fingerprint density at radius 2 is 1.67 bits per heavy atom. The molecule has 3 N–H and O–H groups in total. The lowest BCUT2D eigenvalue weighted by molar-refractivity contribution is -0.870. The van der Waals surface area contributed by atoms with E-state index in [1.54, 1.807) is 13.0 Å². The predicted molar refractivity (Wildman–Crippen MR) is 200 cm³/mol. The van der Waals surface area contributed by atoms with E-state index in [9.17, 15) is 27.4 Å². The number of ketones is 1. The van der Waals surface area contributed by atoms with Crippen LogP contribution in [0, 0.1) is 6.92 Å². The molecule has 1 unspecified atom stereocenters. The quantitative estimate of drug-likeness (QED) is 0.0597. The van der Waals surface area contributed by atoms with Crippen LogP contribution >= 0.6 is 0 Å². The lowest BCUT2D eigenvalue weighted by Crippen LogP contribution is -2.51. The summed E-state index contributed by atoms with van der Waals surface area (Å²) in [4.78, 5) is 38.8. The summed E-state index contributed by atoms with van der Waals surface area (Å²) in [5, 5.41) is 11.2. The van der Waals surface area contributed by atoms with Gasteiger partial charge in [-0.2, -0.15) is 8.42 Å². The van der Waals surface area contributed by atoms with Crippen LogP contribution in [0.3, 0.4) is 0 Å². The number of rotatable bonds is 24. The van der Waals surface area contributed by atoms with Crippen molar-refractivity contribution >= 4 is 46.5 Å². The summed E-state index contributed by atoms with van der Waals surface area (Å²) in [7, 11) is 3.55. The number of carboxylic acids is 1. The molecule has 0 radical (unpaired) electrons. The summed E-state index contributed by atoms with van der Waals surface area (Å²) in [5.74, 6) is -3.05. The number of hydrogen-bond donors (Lipinski definition) is 3. The molecule has 0 aliphatic carbocycles. The van der Waals surface area contributed by atoms with Crippen LogP contribution in [0.5, 0.6) is 0 Å². The molecule has 292 valence electrons. The third-order valence-electron chi connectivity index (χ3n) is 9.66. The van der Waals surface area contributed by atoms with Crippen LogP contribution in [0.2, 0.25) is 0 Å². The van der Waals surface area contributed by atoms with Gasteiger partial charge in [-0.3, -0.25) is 18.9 Å². The molecule has 12 nitrogen and oxygen atoms in total. The van der Waals surface area contributed by atoms with Gasteiger partial charge in [0.25, 0.3) is 10.1 Å². The fraction of sp³-hybridized carbons (Fsp3) is 0.667. The number of amides is 1. The number of carbonyl (C=O) groups excluding carboxylic acids is 2. The topological polar surface area (TPSA) is 149 Å². The van der Waals surface area contributed by atoms with Crippen LogP contribution in [0.15, 0.2) is 23.4 Å². The van der Waals surface area contributed by atoms with Gasteiger partial charge in [0.15, 0.2) is 11.5 Å². The van der Waals surface area contributed by atoms with Crippen LogP contribution in [-0.4, -0.2) is 126 Å². The second kappa shape index (κ2) is 18.7. The average molecular weight is 755 g/mol. The highest BCUT2D eigenvalue weighted by molar-refractivity contribution is 7.85. The minimum absolute atomic E-state index is 0.0444. The average Bonchev–Trinajstić information content (AvgIpc) is 3.54. The molecule has 16 heteroatoms. The maximum absolute atomic E-state index is 16.6. The molecule has 3 heterocycles. The van der Waals surface area contributed by atoms with Crippen molar-refractivity contribution in [2.75, 3.05) is 53.6 Å². The summed E-state index contributed by atoms with van der Waals surface area (Å²) in [5.41, 5.74) is 3.37. The van der Waals surface area contributed by atoms with E-state index >= 15 is 8.63 Å². The number of unbranched alkanes of at least 4 members (excludes halogenated alkanes) is 3. The highest BCUT2D eigenvalue weighted by atomic mass is 32.2. The lowest BCUT2D eigenvalue weighted by Gasteiger charge is -2.31. The van der Waals surface area contributed by atoms with Crippen molar-refractivity contribution < 1.29 is 50.1 Å². The molecule has 0 aromatic carbocycles. The number of aromatic nitrogens is 1. The number of nitrogens with zero attached hydrogens (tertiary/aromatic N) is 4. The van der Waals surface area contributed by atoms with Crippen molar-refractivity contribution in [1.29, 1.82) is 0 Å². The Morgan fingerprint density at radius 1 is 0.981 bits per heavy atom. The Bertz CT molecular complexity index is 1660. The predicted octanol–water partition coefficient (Wildman–Crippen LogP) is 4.68. The highest BCUT2D eigenvalue weighted by Gasteiger charge is 2.54. The van der Waals surface area contributed by atoms with Gasteiger partial charge in [0.1, 0.15) is 17.5 Å². The fourth-order valence-corrected chi connectivity index (χ4v) is 7.72. The number of nitrogens with one attached hydrogen (secondary N) is 1. The molecule has 0 saturated carbocycles. The molecule has 0 bridgehead atoms. The number of quaternary nitrogens is 1. The van der Waals surface area contributed by atoms with Crippen molar-refractivity contribution in [2.45, 2.75) is 103 Å². The molecule has 2 aliphatic rings. The molecule has 1 aromatic rings. The minimum atomic E-state index is -4.62. The summed E-state index contributed by atoms with van der Waals surface area (Å²) >= 11 is 0. The van der Waals surface area contributed by atoms with E-state index in [0.717, 1.165) is 63.2 Å². The number of halogens is 2. The molecule has 52 heavy (non-hydrogen) atoms. The van der Waals surface area contributed by atoms with Crippen molar-refractivity contribution in [3.8, 4) is 0 Å². The highest BCUT2D eigenvalue weighted by Crippen LogP contribution is 2.39. The van der Waals surface area contributed by atoms with Crippen LogP contribution < -0.4 is 5.32 Å². The van der Waals surface area contributed by atoms with Gasteiger partial charge in [-0.1, -0.05) is 19.8 Å². The van der Waals surface area contributed by atoms with Crippen molar-refractivity contribution in [2.24, 2.45) is 0 Å². The van der Waals surface area contributed by atoms with E-state index in [2.05, 4.69) is 26.5 Å². The second-order valence-corrected chi connectivity index (χ2v) is 16.9. The van der Waals surface area contributed by atoms with E-state index in [1.165, 1.54) is 0 Å². The van der Waals surface area contributed by atoms with Crippen LogP contribution in [0.4, 0.5) is 8.63 Å². The third kappa shape index (κ3) is 12.7. The summed E-state index contributed by atoms with van der Waals surface area (Å²) in [6.07, 6.45) is 9.66.